The van der Waals surface area contributed by atoms with E-state index in [1.165, 1.54) is 24.0 Å². The number of anilines is 1. The average Bonchev–Trinajstić information content (AvgIpc) is 2.70. The summed E-state index contributed by atoms with van der Waals surface area (Å²) in [6.45, 7) is 0. The van der Waals surface area contributed by atoms with E-state index in [0.29, 0.717) is 10.9 Å². The minimum Gasteiger partial charge on any atom is -0.504 e. The maximum Gasteiger partial charge on any atom is 0.329 e. The van der Waals surface area contributed by atoms with Gasteiger partial charge in [-0.2, -0.15) is 0 Å². The number of aromatic hydroxyl groups is 1. The molecule has 7 heteroatoms. The Morgan fingerprint density at radius 1 is 1.62 bits per heavy atom. The van der Waals surface area contributed by atoms with Crippen LogP contribution in [0.2, 0.25) is 0 Å². The van der Waals surface area contributed by atoms with Gasteiger partial charge in [0.25, 0.3) is 0 Å². The number of pyridine rings is 1. The van der Waals surface area contributed by atoms with Gasteiger partial charge in [-0.25, -0.2) is 14.8 Å². The Balaban J connectivity index is 2.09. The average molecular weight is 239 g/mol. The molecule has 1 aromatic rings. The van der Waals surface area contributed by atoms with Crippen molar-refractivity contribution in [3.05, 3.63) is 18.3 Å². The molecule has 1 aliphatic heterocycles. The monoisotopic (exact) mass is 239 g/mol. The van der Waals surface area contributed by atoms with Gasteiger partial charge in [-0.1, -0.05) is 11.8 Å². The normalized spacial score (nSPS) is 19.2. The van der Waals surface area contributed by atoms with Crippen molar-refractivity contribution in [3.8, 4) is 5.75 Å². The van der Waals surface area contributed by atoms with Gasteiger partial charge in [0.15, 0.2) is 22.8 Å². The molecule has 0 radical (unpaired) electrons. The Hall–Kier alpha value is -1.76. The van der Waals surface area contributed by atoms with Crippen LogP contribution in [0.15, 0.2) is 23.3 Å². The highest BCUT2D eigenvalue weighted by Gasteiger charge is 2.24. The lowest BCUT2D eigenvalue weighted by Crippen LogP contribution is -2.17. The van der Waals surface area contributed by atoms with Crippen LogP contribution in [0, 0.1) is 0 Å². The van der Waals surface area contributed by atoms with E-state index in [4.69, 9.17) is 5.11 Å². The van der Waals surface area contributed by atoms with Crippen LogP contribution >= 0.6 is 11.8 Å². The molecule has 1 atom stereocenters. The molecule has 6 nitrogen and oxygen atoms in total. The second kappa shape index (κ2) is 4.40. The number of rotatable bonds is 2. The van der Waals surface area contributed by atoms with Crippen LogP contribution in [0.25, 0.3) is 0 Å². The number of nitrogens with one attached hydrogen (secondary N) is 1. The third-order valence-electron chi connectivity index (χ3n) is 1.95. The lowest BCUT2D eigenvalue weighted by atomic mass is 10.4. The first kappa shape index (κ1) is 10.7. The summed E-state index contributed by atoms with van der Waals surface area (Å²) < 4.78 is 0. The summed E-state index contributed by atoms with van der Waals surface area (Å²) >= 11 is 1.29. The summed E-state index contributed by atoms with van der Waals surface area (Å²) in [6, 6.07) is 2.37. The van der Waals surface area contributed by atoms with Crippen molar-refractivity contribution < 1.29 is 15.0 Å². The van der Waals surface area contributed by atoms with Crippen LogP contribution in [0.1, 0.15) is 0 Å². The highest BCUT2D eigenvalue weighted by molar-refractivity contribution is 8.14. The van der Waals surface area contributed by atoms with Crippen LogP contribution in [-0.2, 0) is 4.79 Å². The number of aliphatic carboxylic acids is 1. The van der Waals surface area contributed by atoms with E-state index in [1.54, 1.807) is 6.07 Å². The van der Waals surface area contributed by atoms with Gasteiger partial charge in [-0.05, 0) is 12.1 Å². The van der Waals surface area contributed by atoms with Crippen LogP contribution in [0.3, 0.4) is 0 Å². The molecule has 1 aromatic heterocycles. The molecule has 0 aliphatic carbocycles. The van der Waals surface area contributed by atoms with Gasteiger partial charge in [0.05, 0.1) is 0 Å². The van der Waals surface area contributed by atoms with E-state index in [-0.39, 0.29) is 11.6 Å². The molecule has 0 spiro atoms. The molecule has 2 heterocycles. The van der Waals surface area contributed by atoms with Crippen molar-refractivity contribution in [2.75, 3.05) is 11.1 Å². The predicted octanol–water partition coefficient (Wildman–Crippen LogP) is 0.755. The molecule has 0 aromatic carbocycles. The quantitative estimate of drug-likeness (QED) is 0.705. The molecule has 0 saturated heterocycles. The Bertz CT molecular complexity index is 449. The van der Waals surface area contributed by atoms with E-state index in [0.717, 1.165) is 0 Å². The standard InChI is InChI=1S/C9H9N3O3S/c13-6-2-1-3-10-7(6)12-9-11-5(4-16-9)8(14)15/h1-3,5,13H,4H2,(H,14,15)(H,10,11,12)/t5-/m0/s1. The maximum atomic E-state index is 10.7. The van der Waals surface area contributed by atoms with Crippen LogP contribution in [0.4, 0.5) is 5.82 Å². The molecular weight excluding hydrogens is 230 g/mol. The van der Waals surface area contributed by atoms with E-state index >= 15 is 0 Å². The van der Waals surface area contributed by atoms with Crippen molar-refractivity contribution >= 4 is 28.7 Å². The summed E-state index contributed by atoms with van der Waals surface area (Å²) in [5.74, 6) is -0.274. The van der Waals surface area contributed by atoms with Gasteiger partial charge in [0.2, 0.25) is 0 Å². The largest absolute Gasteiger partial charge is 0.504 e. The first-order valence-corrected chi connectivity index (χ1v) is 5.50. The second-order valence-electron chi connectivity index (χ2n) is 3.10. The van der Waals surface area contributed by atoms with Gasteiger partial charge in [0.1, 0.15) is 0 Å². The minimum absolute atomic E-state index is 0.00424. The number of hydrogen-bond acceptors (Lipinski definition) is 6. The number of aromatic nitrogens is 1. The molecular formula is C9H9N3O3S. The fourth-order valence-electron chi connectivity index (χ4n) is 1.16. The van der Waals surface area contributed by atoms with Gasteiger partial charge in [-0.3, -0.25) is 0 Å². The van der Waals surface area contributed by atoms with Crippen LogP contribution in [-0.4, -0.2) is 38.1 Å². The Kier molecular flexibility index (Phi) is 2.95. The zero-order valence-corrected chi connectivity index (χ0v) is 8.94. The molecule has 0 saturated carbocycles. The first-order valence-electron chi connectivity index (χ1n) is 4.51. The fourth-order valence-corrected chi connectivity index (χ4v) is 2.07. The van der Waals surface area contributed by atoms with Crippen LogP contribution in [0.5, 0.6) is 5.75 Å². The lowest BCUT2D eigenvalue weighted by Gasteiger charge is -2.04. The van der Waals surface area contributed by atoms with Crippen molar-refractivity contribution in [1.82, 2.24) is 4.98 Å². The zero-order chi connectivity index (χ0) is 11.5. The number of carboxylic acid groups (broad SMARTS) is 1. The maximum absolute atomic E-state index is 10.7. The third kappa shape index (κ3) is 2.25. The number of hydrogen-bond donors (Lipinski definition) is 3. The number of thioether (sulfide) groups is 1. The van der Waals surface area contributed by atoms with E-state index in [2.05, 4.69) is 15.3 Å². The molecule has 1 aliphatic rings. The number of nitrogens with zero attached hydrogens (tertiary/aromatic N) is 2. The van der Waals surface area contributed by atoms with E-state index in [1.807, 2.05) is 0 Å². The Morgan fingerprint density at radius 3 is 3.06 bits per heavy atom. The van der Waals surface area contributed by atoms with Crippen molar-refractivity contribution in [2.24, 2.45) is 4.99 Å². The third-order valence-corrected chi connectivity index (χ3v) is 2.91. The van der Waals surface area contributed by atoms with Crippen molar-refractivity contribution in [2.45, 2.75) is 6.04 Å². The number of carbonyl (C=O) groups is 1. The molecule has 84 valence electrons. The topological polar surface area (TPSA) is 94.8 Å². The number of carboxylic acids is 1. The molecule has 0 fully saturated rings. The molecule has 0 unspecified atom stereocenters. The molecule has 0 amide bonds. The molecule has 3 N–H and O–H groups in total. The van der Waals surface area contributed by atoms with Gasteiger partial charge < -0.3 is 15.5 Å². The summed E-state index contributed by atoms with van der Waals surface area (Å²) in [5.41, 5.74) is 0. The smallest absolute Gasteiger partial charge is 0.329 e. The highest BCUT2D eigenvalue weighted by Crippen LogP contribution is 2.24. The number of amidine groups is 1. The predicted molar refractivity (Wildman–Crippen MR) is 60.8 cm³/mol. The zero-order valence-electron chi connectivity index (χ0n) is 8.12. The van der Waals surface area contributed by atoms with Crippen molar-refractivity contribution in [1.29, 1.82) is 0 Å². The van der Waals surface area contributed by atoms with Crippen LogP contribution < -0.4 is 5.32 Å². The molecule has 16 heavy (non-hydrogen) atoms. The van der Waals surface area contributed by atoms with Gasteiger partial charge in [-0.15, -0.1) is 0 Å². The number of aliphatic imine (C=N–C) groups is 1. The minimum atomic E-state index is -0.949. The summed E-state index contributed by atoms with van der Waals surface area (Å²) in [4.78, 5) is 18.5. The Morgan fingerprint density at radius 2 is 2.44 bits per heavy atom. The van der Waals surface area contributed by atoms with Gasteiger partial charge in [0, 0.05) is 11.9 Å². The van der Waals surface area contributed by atoms with Gasteiger partial charge >= 0.3 is 5.97 Å². The molecule has 0 bridgehead atoms. The van der Waals surface area contributed by atoms with Crippen molar-refractivity contribution in [3.63, 3.8) is 0 Å². The second-order valence-corrected chi connectivity index (χ2v) is 4.10. The van der Waals surface area contributed by atoms with E-state index < -0.39 is 12.0 Å². The summed E-state index contributed by atoms with van der Waals surface area (Å²) in [6.07, 6.45) is 1.52. The molecule has 2 rings (SSSR count). The summed E-state index contributed by atoms with van der Waals surface area (Å²) in [7, 11) is 0. The summed E-state index contributed by atoms with van der Waals surface area (Å²) in [5, 5.41) is 21.4. The lowest BCUT2D eigenvalue weighted by molar-refractivity contribution is -0.137. The Labute approximate surface area is 95.4 Å². The fraction of sp³-hybridized carbons (Fsp3) is 0.222. The van der Waals surface area contributed by atoms with E-state index in [9.17, 15) is 9.90 Å². The highest BCUT2D eigenvalue weighted by atomic mass is 32.2. The SMILES string of the molecule is O=C(O)[C@@H]1CSC(Nc2ncccc2O)=N1. The first-order chi connectivity index (χ1) is 7.66.